The molecule has 0 radical (unpaired) electrons. The Hall–Kier alpha value is -2.52. The summed E-state index contributed by atoms with van der Waals surface area (Å²) in [7, 11) is 0. The Morgan fingerprint density at radius 2 is 1.60 bits per heavy atom. The molecule has 1 aliphatic heterocycles. The number of hydrogen-bond acceptors (Lipinski definition) is 6. The topological polar surface area (TPSA) is 116 Å². The van der Waals surface area contributed by atoms with Crippen LogP contribution in [0.3, 0.4) is 0 Å². The Morgan fingerprint density at radius 1 is 0.877 bits per heavy atom. The van der Waals surface area contributed by atoms with E-state index in [0.29, 0.717) is 55.5 Å². The highest BCUT2D eigenvalue weighted by molar-refractivity contribution is 5.99. The van der Waals surface area contributed by atoms with Gasteiger partial charge in [-0.15, -0.1) is 0 Å². The minimum Gasteiger partial charge on any atom is -0.481 e. The minimum absolute atomic E-state index is 0.0404. The van der Waals surface area contributed by atoms with Crippen molar-refractivity contribution >= 4 is 17.9 Å². The van der Waals surface area contributed by atoms with E-state index in [1.165, 1.54) is 68.1 Å². The van der Waals surface area contributed by atoms with Crippen LogP contribution in [0, 0.1) is 62.1 Å². The number of nitrogens with one attached hydrogen (secondary N) is 1. The Morgan fingerprint density at radius 3 is 2.19 bits per heavy atom. The molecule has 318 valence electrons. The van der Waals surface area contributed by atoms with Crippen molar-refractivity contribution in [3.63, 3.8) is 0 Å². The number of carboxylic acids is 2. The molecule has 0 amide bonds. The van der Waals surface area contributed by atoms with Crippen molar-refractivity contribution in [1.29, 1.82) is 0 Å². The van der Waals surface area contributed by atoms with Crippen LogP contribution in [0.15, 0.2) is 35.5 Å². The highest BCUT2D eigenvalue weighted by Crippen LogP contribution is 2.76. The average Bonchev–Trinajstić information content (AvgIpc) is 3.55. The van der Waals surface area contributed by atoms with Crippen LogP contribution in [0.25, 0.3) is 0 Å². The van der Waals surface area contributed by atoms with Gasteiger partial charge in [0.1, 0.15) is 6.67 Å². The molecule has 3 N–H and O–H groups in total. The number of aliphatic carboxylic acids is 2. The number of ether oxygens (including phenoxy) is 1. The van der Waals surface area contributed by atoms with Gasteiger partial charge in [-0.05, 0) is 179 Å². The van der Waals surface area contributed by atoms with Crippen LogP contribution < -0.4 is 5.32 Å². The van der Waals surface area contributed by atoms with E-state index in [1.54, 1.807) is 6.92 Å². The molecule has 0 aromatic rings. The first-order valence-corrected chi connectivity index (χ1v) is 22.5. The van der Waals surface area contributed by atoms with E-state index < -0.39 is 35.4 Å². The monoisotopic (exact) mass is 793 g/mol. The first-order valence-electron chi connectivity index (χ1n) is 22.5. The van der Waals surface area contributed by atoms with Gasteiger partial charge in [0.2, 0.25) is 0 Å². The van der Waals surface area contributed by atoms with Crippen molar-refractivity contribution in [2.75, 3.05) is 39.5 Å². The fourth-order valence-electron chi connectivity index (χ4n) is 15.5. The zero-order chi connectivity index (χ0) is 41.4. The van der Waals surface area contributed by atoms with Crippen LogP contribution in [0.1, 0.15) is 138 Å². The van der Waals surface area contributed by atoms with Gasteiger partial charge in [-0.1, -0.05) is 58.9 Å². The van der Waals surface area contributed by atoms with Gasteiger partial charge in [0.25, 0.3) is 0 Å². The van der Waals surface area contributed by atoms with E-state index in [2.05, 4.69) is 70.5 Å². The molecule has 1 heterocycles. The van der Waals surface area contributed by atoms with Crippen molar-refractivity contribution in [2.24, 2.45) is 62.1 Å². The van der Waals surface area contributed by atoms with Crippen molar-refractivity contribution in [3.05, 3.63) is 35.5 Å². The maximum Gasteiger partial charge on any atom is 0.323 e. The molecule has 5 fully saturated rings. The molecular weight excluding hydrogens is 720 g/mol. The zero-order valence-electron chi connectivity index (χ0n) is 36.2. The van der Waals surface area contributed by atoms with E-state index in [-0.39, 0.29) is 53.1 Å². The van der Waals surface area contributed by atoms with Crippen molar-refractivity contribution in [1.82, 2.24) is 10.2 Å². The summed E-state index contributed by atoms with van der Waals surface area (Å²) in [6.45, 7) is 23.7. The maximum atomic E-state index is 14.0. The van der Waals surface area contributed by atoms with Crippen LogP contribution in [-0.4, -0.2) is 78.0 Å². The highest BCUT2D eigenvalue weighted by Gasteiger charge is 2.70. The fraction of sp³-hybridized carbons (Fsp3) is 0.812. The summed E-state index contributed by atoms with van der Waals surface area (Å²) < 4.78 is 19.2. The second-order valence-corrected chi connectivity index (χ2v) is 21.4. The molecule has 0 aromatic carbocycles. The van der Waals surface area contributed by atoms with E-state index >= 15 is 0 Å². The first kappa shape index (κ1) is 42.6. The molecule has 0 aromatic heterocycles. The molecule has 4 saturated carbocycles. The van der Waals surface area contributed by atoms with Crippen molar-refractivity contribution < 1.29 is 33.7 Å². The number of esters is 1. The van der Waals surface area contributed by atoms with Gasteiger partial charge in [-0.25, -0.2) is 4.39 Å². The minimum atomic E-state index is -1.43. The SMILES string of the molecule is C=C(C)[C@@H]1CCC2(NCCN3CCC(C(=O)O)(C(=O)OCC)CC3)CC[C@]3(C)C(CC[C@@H]4[C@@]5(C)CC=C(C6=CC[C@@](CF)(C(=O)O)CC6)C(C)(C)[C@@H]5CC[C@]43C)[C@@H]12. The van der Waals surface area contributed by atoms with Crippen LogP contribution in [-0.2, 0) is 19.1 Å². The molecule has 0 bridgehead atoms. The standard InChI is InChI=1S/C48H73FN2O6/c1-9-57-41(56)47(40(54)55)24-27-51(28-25-47)29-26-50-48-21-14-33(31(2)3)38(48)35-10-11-37-43(6)17-15-34(32-12-19-46(30-49,20-13-32)39(52)53)42(4,5)36(43)16-18-45(37,8)44(35,7)22-23-48/h12,15,33,35-38,50H,2,9-11,13-14,16-30H2,1,3-8H3,(H,52,53)(H,54,55)/t33-,35?,36-,37+,38+,43-,44+,45+,46+,48?/m0/s1. The summed E-state index contributed by atoms with van der Waals surface area (Å²) in [5.74, 6) is 0.131. The lowest BCUT2D eigenvalue weighted by Crippen LogP contribution is -2.68. The quantitative estimate of drug-likeness (QED) is 0.108. The highest BCUT2D eigenvalue weighted by atomic mass is 19.1. The normalized spacial score (nSPS) is 42.3. The van der Waals surface area contributed by atoms with Gasteiger partial charge in [0.15, 0.2) is 5.41 Å². The summed E-state index contributed by atoms with van der Waals surface area (Å²) >= 11 is 0. The second-order valence-electron chi connectivity index (χ2n) is 21.4. The van der Waals surface area contributed by atoms with E-state index in [4.69, 9.17) is 4.74 Å². The van der Waals surface area contributed by atoms with Gasteiger partial charge in [0.05, 0.1) is 12.0 Å². The fourth-order valence-corrected chi connectivity index (χ4v) is 15.5. The predicted octanol–water partition coefficient (Wildman–Crippen LogP) is 9.40. The number of carboxylic acid groups (broad SMARTS) is 2. The third kappa shape index (κ3) is 6.34. The number of alkyl halides is 1. The van der Waals surface area contributed by atoms with Crippen LogP contribution in [0.2, 0.25) is 0 Å². The van der Waals surface area contributed by atoms with Crippen molar-refractivity contribution in [2.45, 2.75) is 144 Å². The summed E-state index contributed by atoms with van der Waals surface area (Å²) in [5.41, 5.74) is 1.89. The third-order valence-electron chi connectivity index (χ3n) is 19.0. The molecule has 0 spiro atoms. The molecule has 2 unspecified atom stereocenters. The number of hydrogen-bond donors (Lipinski definition) is 3. The first-order chi connectivity index (χ1) is 26.8. The summed E-state index contributed by atoms with van der Waals surface area (Å²) in [6.07, 6.45) is 17.1. The number of carbonyl (C=O) groups is 3. The number of carbonyl (C=O) groups excluding carboxylic acids is 1. The number of likely N-dealkylation sites (tertiary alicyclic amines) is 1. The summed E-state index contributed by atoms with van der Waals surface area (Å²) in [6, 6.07) is 0. The van der Waals surface area contributed by atoms with Crippen LogP contribution in [0.5, 0.6) is 0 Å². The molecule has 57 heavy (non-hydrogen) atoms. The van der Waals surface area contributed by atoms with Gasteiger partial charge in [0, 0.05) is 18.6 Å². The molecule has 1 saturated heterocycles. The van der Waals surface area contributed by atoms with E-state index in [0.717, 1.165) is 19.5 Å². The smallest absolute Gasteiger partial charge is 0.323 e. The Kier molecular flexibility index (Phi) is 11.1. The predicted molar refractivity (Wildman–Crippen MR) is 221 cm³/mol. The Bertz CT molecular complexity index is 1700. The van der Waals surface area contributed by atoms with E-state index in [9.17, 15) is 29.0 Å². The third-order valence-corrected chi connectivity index (χ3v) is 19.0. The lowest BCUT2D eigenvalue weighted by Gasteiger charge is -2.72. The van der Waals surface area contributed by atoms with Gasteiger partial charge >= 0.3 is 17.9 Å². The van der Waals surface area contributed by atoms with Gasteiger partial charge in [-0.2, -0.15) is 0 Å². The molecular formula is C48H73FN2O6. The number of nitrogens with zero attached hydrogens (tertiary/aromatic N) is 1. The number of fused-ring (bicyclic) bond motifs is 7. The number of rotatable bonds is 11. The van der Waals surface area contributed by atoms with E-state index in [1.807, 2.05) is 0 Å². The van der Waals surface area contributed by atoms with Gasteiger partial charge < -0.3 is 25.2 Å². The number of allylic oxidation sites excluding steroid dienone is 5. The number of halogens is 1. The largest absolute Gasteiger partial charge is 0.481 e. The lowest BCUT2D eigenvalue weighted by molar-refractivity contribution is -0.221. The number of piperidine rings is 1. The second kappa shape index (κ2) is 14.9. The average molecular weight is 793 g/mol. The molecule has 7 rings (SSSR count). The summed E-state index contributed by atoms with van der Waals surface area (Å²) in [4.78, 5) is 39.3. The van der Waals surface area contributed by atoms with Crippen LogP contribution in [0.4, 0.5) is 4.39 Å². The Balaban J connectivity index is 1.08. The van der Waals surface area contributed by atoms with Crippen LogP contribution >= 0.6 is 0 Å². The molecule has 9 heteroatoms. The molecule has 7 aliphatic rings. The van der Waals surface area contributed by atoms with Gasteiger partial charge in [-0.3, -0.25) is 14.4 Å². The maximum absolute atomic E-state index is 14.0. The molecule has 10 atom stereocenters. The molecule has 8 nitrogen and oxygen atoms in total. The van der Waals surface area contributed by atoms with Crippen molar-refractivity contribution in [3.8, 4) is 0 Å². The lowest BCUT2D eigenvalue weighted by atomic mass is 9.33. The Labute approximate surface area is 341 Å². The zero-order valence-corrected chi connectivity index (χ0v) is 36.2. The molecule has 6 aliphatic carbocycles. The summed E-state index contributed by atoms with van der Waals surface area (Å²) in [5, 5.41) is 24.1.